The maximum Gasteiger partial charge on any atom is 0.288 e. The Morgan fingerprint density at radius 3 is 3.05 bits per heavy atom. The topological polar surface area (TPSA) is 77.3 Å². The number of anilines is 1. The van der Waals surface area contributed by atoms with Crippen LogP contribution < -0.4 is 10.1 Å². The second-order valence-electron chi connectivity index (χ2n) is 5.00. The van der Waals surface area contributed by atoms with Crippen LogP contribution in [0.5, 0.6) is 11.6 Å². The average Bonchev–Trinajstić information content (AvgIpc) is 2.49. The molecule has 0 aliphatic carbocycles. The Morgan fingerprint density at radius 2 is 2.29 bits per heavy atom. The molecule has 2 aromatic rings. The molecule has 0 atom stereocenters. The molecule has 1 aromatic heterocycles. The van der Waals surface area contributed by atoms with Crippen LogP contribution in [0.25, 0.3) is 0 Å². The minimum Gasteiger partial charge on any atom is -0.437 e. The standard InChI is InChI=1S/C15H15N3O3/c1-10-8-12(18(19)20)9-17-15(10)21-13-6-2-4-11-5-3-7-16-14(11)13/h2,4,6,8-9,16H,3,5,7H2,1H3. The zero-order chi connectivity index (χ0) is 14.8. The van der Waals surface area contributed by atoms with Crippen molar-refractivity contribution >= 4 is 11.4 Å². The van der Waals surface area contributed by atoms with Gasteiger partial charge in [-0.25, -0.2) is 4.98 Å². The number of ether oxygens (including phenoxy) is 1. The van der Waals surface area contributed by atoms with Crippen molar-refractivity contribution in [3.63, 3.8) is 0 Å². The number of aromatic nitrogens is 1. The highest BCUT2D eigenvalue weighted by atomic mass is 16.6. The molecule has 6 nitrogen and oxygen atoms in total. The van der Waals surface area contributed by atoms with Crippen molar-refractivity contribution in [1.29, 1.82) is 0 Å². The van der Waals surface area contributed by atoms with Gasteiger partial charge in [-0.3, -0.25) is 10.1 Å². The fourth-order valence-electron chi connectivity index (χ4n) is 2.42. The number of nitrogens with one attached hydrogen (secondary N) is 1. The van der Waals surface area contributed by atoms with Gasteiger partial charge in [-0.2, -0.15) is 0 Å². The molecule has 1 aliphatic rings. The van der Waals surface area contributed by atoms with Crippen LogP contribution in [0.15, 0.2) is 30.5 Å². The van der Waals surface area contributed by atoms with E-state index in [4.69, 9.17) is 4.74 Å². The summed E-state index contributed by atoms with van der Waals surface area (Å²) >= 11 is 0. The molecule has 0 spiro atoms. The third kappa shape index (κ3) is 2.65. The monoisotopic (exact) mass is 285 g/mol. The predicted octanol–water partition coefficient (Wildman–Crippen LogP) is 3.45. The second-order valence-corrected chi connectivity index (χ2v) is 5.00. The number of pyridine rings is 1. The molecule has 108 valence electrons. The van der Waals surface area contributed by atoms with E-state index in [0.717, 1.165) is 25.1 Å². The van der Waals surface area contributed by atoms with Gasteiger partial charge in [0.1, 0.15) is 6.20 Å². The van der Waals surface area contributed by atoms with Gasteiger partial charge in [-0.1, -0.05) is 12.1 Å². The molecular formula is C15H15N3O3. The Kier molecular flexibility index (Phi) is 3.43. The SMILES string of the molecule is Cc1cc([N+](=O)[O-])cnc1Oc1cccc2c1NCCC2. The number of nitrogens with zero attached hydrogens (tertiary/aromatic N) is 2. The lowest BCUT2D eigenvalue weighted by atomic mass is 10.0. The molecule has 0 amide bonds. The van der Waals surface area contributed by atoms with Crippen molar-refractivity contribution in [3.05, 3.63) is 51.7 Å². The van der Waals surface area contributed by atoms with E-state index in [-0.39, 0.29) is 5.69 Å². The molecule has 1 aliphatic heterocycles. The summed E-state index contributed by atoms with van der Waals surface area (Å²) in [6, 6.07) is 7.36. The number of para-hydroxylation sites is 1. The summed E-state index contributed by atoms with van der Waals surface area (Å²) < 4.78 is 5.85. The van der Waals surface area contributed by atoms with Gasteiger partial charge < -0.3 is 10.1 Å². The maximum absolute atomic E-state index is 10.7. The smallest absolute Gasteiger partial charge is 0.288 e. The summed E-state index contributed by atoms with van der Waals surface area (Å²) in [4.78, 5) is 14.3. The molecule has 0 unspecified atom stereocenters. The Balaban J connectivity index is 1.92. The molecule has 1 N–H and O–H groups in total. The van der Waals surface area contributed by atoms with Gasteiger partial charge in [0, 0.05) is 18.2 Å². The minimum atomic E-state index is -0.463. The number of hydrogen-bond acceptors (Lipinski definition) is 5. The Bertz CT molecular complexity index is 701. The Morgan fingerprint density at radius 1 is 1.43 bits per heavy atom. The normalized spacial score (nSPS) is 13.2. The van der Waals surface area contributed by atoms with Crippen LogP contribution in [0.1, 0.15) is 17.5 Å². The van der Waals surface area contributed by atoms with Crippen LogP contribution in [0, 0.1) is 17.0 Å². The van der Waals surface area contributed by atoms with Crippen molar-refractivity contribution in [2.24, 2.45) is 0 Å². The van der Waals surface area contributed by atoms with Crippen LogP contribution in [-0.2, 0) is 6.42 Å². The van der Waals surface area contributed by atoms with Gasteiger partial charge >= 0.3 is 0 Å². The first-order valence-electron chi connectivity index (χ1n) is 6.80. The van der Waals surface area contributed by atoms with Crippen LogP contribution >= 0.6 is 0 Å². The molecule has 0 saturated heterocycles. The fourth-order valence-corrected chi connectivity index (χ4v) is 2.42. The summed E-state index contributed by atoms with van der Waals surface area (Å²) in [6.07, 6.45) is 3.34. The van der Waals surface area contributed by atoms with Gasteiger partial charge in [0.2, 0.25) is 5.88 Å². The van der Waals surface area contributed by atoms with Crippen LogP contribution in [0.4, 0.5) is 11.4 Å². The molecule has 0 radical (unpaired) electrons. The number of nitro groups is 1. The summed E-state index contributed by atoms with van der Waals surface area (Å²) in [6.45, 7) is 2.66. The Labute approximate surface area is 121 Å². The van der Waals surface area contributed by atoms with Crippen LogP contribution in [-0.4, -0.2) is 16.5 Å². The Hall–Kier alpha value is -2.63. The first-order chi connectivity index (χ1) is 10.1. The first kappa shape index (κ1) is 13.4. The van der Waals surface area contributed by atoms with Crippen molar-refractivity contribution < 1.29 is 9.66 Å². The van der Waals surface area contributed by atoms with E-state index in [9.17, 15) is 10.1 Å². The number of benzene rings is 1. The van der Waals surface area contributed by atoms with Crippen LogP contribution in [0.3, 0.4) is 0 Å². The molecule has 0 saturated carbocycles. The highest BCUT2D eigenvalue weighted by molar-refractivity contribution is 5.64. The number of aryl methyl sites for hydroxylation is 2. The summed E-state index contributed by atoms with van der Waals surface area (Å²) in [5.41, 5.74) is 2.81. The lowest BCUT2D eigenvalue weighted by molar-refractivity contribution is -0.385. The molecule has 3 rings (SSSR count). The van der Waals surface area contributed by atoms with E-state index in [0.29, 0.717) is 17.2 Å². The van der Waals surface area contributed by atoms with E-state index in [1.54, 1.807) is 6.92 Å². The van der Waals surface area contributed by atoms with Crippen molar-refractivity contribution in [2.45, 2.75) is 19.8 Å². The largest absolute Gasteiger partial charge is 0.437 e. The van der Waals surface area contributed by atoms with Gasteiger partial charge in [0.25, 0.3) is 5.69 Å². The third-order valence-electron chi connectivity index (χ3n) is 3.47. The molecule has 2 heterocycles. The number of hydrogen-bond donors (Lipinski definition) is 1. The fraction of sp³-hybridized carbons (Fsp3) is 0.267. The van der Waals surface area contributed by atoms with E-state index in [2.05, 4.69) is 16.4 Å². The van der Waals surface area contributed by atoms with E-state index < -0.39 is 4.92 Å². The first-order valence-corrected chi connectivity index (χ1v) is 6.80. The lowest BCUT2D eigenvalue weighted by Crippen LogP contribution is -2.12. The van der Waals surface area contributed by atoms with Crippen molar-refractivity contribution in [1.82, 2.24) is 4.98 Å². The summed E-state index contributed by atoms with van der Waals surface area (Å²) in [5, 5.41) is 14.1. The zero-order valence-electron chi connectivity index (χ0n) is 11.6. The van der Waals surface area contributed by atoms with E-state index in [1.165, 1.54) is 17.8 Å². The van der Waals surface area contributed by atoms with Crippen molar-refractivity contribution in [3.8, 4) is 11.6 Å². The quantitative estimate of drug-likeness (QED) is 0.690. The molecule has 1 aromatic carbocycles. The van der Waals surface area contributed by atoms with E-state index >= 15 is 0 Å². The predicted molar refractivity (Wildman–Crippen MR) is 79.0 cm³/mol. The molecule has 0 fully saturated rings. The zero-order valence-corrected chi connectivity index (χ0v) is 11.6. The molecule has 0 bridgehead atoms. The maximum atomic E-state index is 10.7. The van der Waals surface area contributed by atoms with Crippen LogP contribution in [0.2, 0.25) is 0 Å². The molecular weight excluding hydrogens is 270 g/mol. The highest BCUT2D eigenvalue weighted by Gasteiger charge is 2.16. The minimum absolute atomic E-state index is 0.0342. The summed E-state index contributed by atoms with van der Waals surface area (Å²) in [7, 11) is 0. The number of rotatable bonds is 3. The average molecular weight is 285 g/mol. The van der Waals surface area contributed by atoms with Gasteiger partial charge in [-0.15, -0.1) is 0 Å². The van der Waals surface area contributed by atoms with Crippen molar-refractivity contribution in [2.75, 3.05) is 11.9 Å². The van der Waals surface area contributed by atoms with Gasteiger partial charge in [-0.05, 0) is 31.4 Å². The second kappa shape index (κ2) is 5.40. The third-order valence-corrected chi connectivity index (χ3v) is 3.47. The summed E-state index contributed by atoms with van der Waals surface area (Å²) in [5.74, 6) is 1.10. The molecule has 6 heteroatoms. The lowest BCUT2D eigenvalue weighted by Gasteiger charge is -2.21. The van der Waals surface area contributed by atoms with Gasteiger partial charge in [0.15, 0.2) is 5.75 Å². The van der Waals surface area contributed by atoms with Gasteiger partial charge in [0.05, 0.1) is 10.6 Å². The van der Waals surface area contributed by atoms with E-state index in [1.807, 2.05) is 12.1 Å². The molecule has 21 heavy (non-hydrogen) atoms. The highest BCUT2D eigenvalue weighted by Crippen LogP contribution is 2.35. The number of fused-ring (bicyclic) bond motifs is 1.